The van der Waals surface area contributed by atoms with Crippen LogP contribution in [0.4, 0.5) is 0 Å². The summed E-state index contributed by atoms with van der Waals surface area (Å²) < 4.78 is 0. The van der Waals surface area contributed by atoms with Gasteiger partial charge in [-0.25, -0.2) is 0 Å². The highest BCUT2D eigenvalue weighted by Crippen LogP contribution is 2.23. The summed E-state index contributed by atoms with van der Waals surface area (Å²) in [6.45, 7) is 0.550. The predicted octanol–water partition coefficient (Wildman–Crippen LogP) is 3.26. The summed E-state index contributed by atoms with van der Waals surface area (Å²) in [6.07, 6.45) is 4.12. The van der Waals surface area contributed by atoms with Gasteiger partial charge in [-0.15, -0.1) is 0 Å². The predicted molar refractivity (Wildman–Crippen MR) is 107 cm³/mol. The van der Waals surface area contributed by atoms with Crippen LogP contribution >= 0.6 is 0 Å². The summed E-state index contributed by atoms with van der Waals surface area (Å²) >= 11 is 0. The lowest BCUT2D eigenvalue weighted by atomic mass is 9.99. The number of amides is 2. The molecule has 1 aliphatic rings. The van der Waals surface area contributed by atoms with E-state index in [1.54, 1.807) is 4.90 Å². The minimum Gasteiger partial charge on any atom is -0.481 e. The number of hydrogen-bond acceptors (Lipinski definition) is 3. The number of fused-ring (bicyclic) bond motifs is 1. The normalized spacial score (nSPS) is 16.3. The van der Waals surface area contributed by atoms with Crippen molar-refractivity contribution < 1.29 is 19.5 Å². The van der Waals surface area contributed by atoms with Gasteiger partial charge in [0, 0.05) is 13.0 Å². The van der Waals surface area contributed by atoms with Gasteiger partial charge in [-0.1, -0.05) is 49.2 Å². The highest BCUT2D eigenvalue weighted by Gasteiger charge is 2.22. The number of nitrogens with one attached hydrogen (secondary N) is 1. The van der Waals surface area contributed by atoms with Crippen LogP contribution in [0, 0.1) is 0 Å². The van der Waals surface area contributed by atoms with Crippen LogP contribution in [0.5, 0.6) is 0 Å². The molecule has 1 aliphatic heterocycles. The van der Waals surface area contributed by atoms with E-state index in [0.29, 0.717) is 13.0 Å². The highest BCUT2D eigenvalue weighted by molar-refractivity contribution is 5.86. The largest absolute Gasteiger partial charge is 0.481 e. The van der Waals surface area contributed by atoms with Crippen molar-refractivity contribution in [1.29, 1.82) is 0 Å². The second-order valence-corrected chi connectivity index (χ2v) is 7.30. The second kappa shape index (κ2) is 9.35. The fraction of sp³-hybridized carbons (Fsp3) is 0.409. The Morgan fingerprint density at radius 2 is 1.79 bits per heavy atom. The van der Waals surface area contributed by atoms with Gasteiger partial charge in [-0.05, 0) is 35.2 Å². The monoisotopic (exact) mass is 382 g/mol. The average molecular weight is 382 g/mol. The number of nitrogens with zero attached hydrogens (tertiary/aromatic N) is 1. The van der Waals surface area contributed by atoms with Crippen LogP contribution in [-0.4, -0.2) is 40.9 Å². The van der Waals surface area contributed by atoms with E-state index in [1.165, 1.54) is 0 Å². The van der Waals surface area contributed by atoms with Crippen molar-refractivity contribution >= 4 is 28.6 Å². The van der Waals surface area contributed by atoms with E-state index in [9.17, 15) is 19.5 Å². The first kappa shape index (κ1) is 19.9. The van der Waals surface area contributed by atoms with E-state index in [0.717, 1.165) is 42.0 Å². The number of carboxylic acids is 1. The van der Waals surface area contributed by atoms with E-state index in [4.69, 9.17) is 0 Å². The van der Waals surface area contributed by atoms with Gasteiger partial charge in [0.2, 0.25) is 11.8 Å². The maximum absolute atomic E-state index is 12.6. The van der Waals surface area contributed by atoms with Crippen LogP contribution in [0.1, 0.15) is 50.1 Å². The Morgan fingerprint density at radius 3 is 2.57 bits per heavy atom. The first-order valence-electron chi connectivity index (χ1n) is 9.80. The van der Waals surface area contributed by atoms with E-state index in [2.05, 4.69) is 5.32 Å². The molecule has 0 saturated carbocycles. The number of aliphatic carboxylic acids is 1. The molecule has 0 unspecified atom stereocenters. The fourth-order valence-corrected chi connectivity index (χ4v) is 3.65. The SMILES string of the molecule is O=C(O)C[C@H](NC(=O)CN1CCCCCCC1=O)c1ccc2ccccc2c1. The van der Waals surface area contributed by atoms with Gasteiger partial charge < -0.3 is 15.3 Å². The number of carbonyl (C=O) groups excluding carboxylic acids is 2. The molecule has 6 heteroatoms. The van der Waals surface area contributed by atoms with Gasteiger partial charge in [0.1, 0.15) is 0 Å². The molecule has 148 valence electrons. The standard InChI is InChI=1S/C22H26N2O4/c25-20(15-24-12-6-2-1-3-9-21(24)26)23-19(14-22(27)28)18-11-10-16-7-4-5-8-17(16)13-18/h4-5,7-8,10-11,13,19H,1-3,6,9,12,14-15H2,(H,23,25)(H,27,28)/t19-/m0/s1. The molecule has 3 rings (SSSR count). The van der Waals surface area contributed by atoms with E-state index in [1.807, 2.05) is 42.5 Å². The minimum atomic E-state index is -0.985. The van der Waals surface area contributed by atoms with Gasteiger partial charge in [0.05, 0.1) is 19.0 Å². The Kier molecular flexibility index (Phi) is 6.63. The quantitative estimate of drug-likeness (QED) is 0.803. The lowest BCUT2D eigenvalue weighted by molar-refractivity contribution is -0.139. The molecule has 0 aliphatic carbocycles. The van der Waals surface area contributed by atoms with Crippen LogP contribution in [0.15, 0.2) is 42.5 Å². The topological polar surface area (TPSA) is 86.7 Å². The third-order valence-electron chi connectivity index (χ3n) is 5.15. The first-order chi connectivity index (χ1) is 13.5. The molecule has 2 aromatic rings. The van der Waals surface area contributed by atoms with Crippen LogP contribution in [-0.2, 0) is 14.4 Å². The number of likely N-dealkylation sites (tertiary alicyclic amines) is 1. The molecule has 6 nitrogen and oxygen atoms in total. The minimum absolute atomic E-state index is 0.00432. The number of benzene rings is 2. The molecule has 1 saturated heterocycles. The zero-order valence-corrected chi connectivity index (χ0v) is 15.9. The second-order valence-electron chi connectivity index (χ2n) is 7.30. The van der Waals surface area contributed by atoms with Gasteiger partial charge in [-0.2, -0.15) is 0 Å². The Morgan fingerprint density at radius 1 is 1.04 bits per heavy atom. The highest BCUT2D eigenvalue weighted by atomic mass is 16.4. The van der Waals surface area contributed by atoms with Crippen LogP contribution in [0.3, 0.4) is 0 Å². The molecule has 1 fully saturated rings. The molecule has 0 radical (unpaired) electrons. The summed E-state index contributed by atoms with van der Waals surface area (Å²) in [5.41, 5.74) is 0.744. The number of carbonyl (C=O) groups is 3. The van der Waals surface area contributed by atoms with Crippen LogP contribution in [0.2, 0.25) is 0 Å². The molecule has 28 heavy (non-hydrogen) atoms. The van der Waals surface area contributed by atoms with E-state index in [-0.39, 0.29) is 24.8 Å². The third-order valence-corrected chi connectivity index (χ3v) is 5.15. The van der Waals surface area contributed by atoms with Gasteiger partial charge in [0.15, 0.2) is 0 Å². The van der Waals surface area contributed by atoms with E-state index < -0.39 is 12.0 Å². The van der Waals surface area contributed by atoms with Crippen LogP contribution < -0.4 is 5.32 Å². The molecular weight excluding hydrogens is 356 g/mol. The molecular formula is C22H26N2O4. The summed E-state index contributed by atoms with van der Waals surface area (Å²) in [4.78, 5) is 37.7. The van der Waals surface area contributed by atoms with Crippen molar-refractivity contribution in [3.63, 3.8) is 0 Å². The van der Waals surface area contributed by atoms with Gasteiger partial charge >= 0.3 is 5.97 Å². The zero-order valence-electron chi connectivity index (χ0n) is 15.9. The summed E-state index contributed by atoms with van der Waals surface area (Å²) in [6, 6.07) is 12.8. The first-order valence-corrected chi connectivity index (χ1v) is 9.80. The van der Waals surface area contributed by atoms with Crippen molar-refractivity contribution in [1.82, 2.24) is 10.2 Å². The molecule has 0 spiro atoms. The Labute approximate surface area is 164 Å². The molecule has 1 atom stereocenters. The smallest absolute Gasteiger partial charge is 0.305 e. The maximum atomic E-state index is 12.6. The Hall–Kier alpha value is -2.89. The Balaban J connectivity index is 1.72. The lowest BCUT2D eigenvalue weighted by Gasteiger charge is -2.26. The van der Waals surface area contributed by atoms with Gasteiger partial charge in [0.25, 0.3) is 0 Å². The molecule has 2 N–H and O–H groups in total. The molecule has 0 bridgehead atoms. The van der Waals surface area contributed by atoms with E-state index >= 15 is 0 Å². The molecule has 2 amide bonds. The molecule has 0 aromatic heterocycles. The average Bonchev–Trinajstić information content (AvgIpc) is 2.66. The lowest BCUT2D eigenvalue weighted by Crippen LogP contribution is -2.43. The summed E-state index contributed by atoms with van der Waals surface area (Å²) in [5.74, 6) is -1.32. The van der Waals surface area contributed by atoms with Crippen molar-refractivity contribution in [2.24, 2.45) is 0 Å². The number of hydrogen-bond donors (Lipinski definition) is 2. The zero-order chi connectivity index (χ0) is 19.9. The number of carboxylic acid groups (broad SMARTS) is 1. The molecule has 2 aromatic carbocycles. The van der Waals surface area contributed by atoms with Crippen molar-refractivity contribution in [2.45, 2.75) is 44.6 Å². The van der Waals surface area contributed by atoms with Crippen molar-refractivity contribution in [2.75, 3.05) is 13.1 Å². The van der Waals surface area contributed by atoms with Crippen LogP contribution in [0.25, 0.3) is 10.8 Å². The fourth-order valence-electron chi connectivity index (χ4n) is 3.65. The van der Waals surface area contributed by atoms with Crippen molar-refractivity contribution in [3.05, 3.63) is 48.0 Å². The summed E-state index contributed by atoms with van der Waals surface area (Å²) in [7, 11) is 0. The maximum Gasteiger partial charge on any atom is 0.305 e. The Bertz CT molecular complexity index is 864. The summed E-state index contributed by atoms with van der Waals surface area (Å²) in [5, 5.41) is 14.2. The molecule has 1 heterocycles. The van der Waals surface area contributed by atoms with Crippen molar-refractivity contribution in [3.8, 4) is 0 Å². The van der Waals surface area contributed by atoms with Gasteiger partial charge in [-0.3, -0.25) is 14.4 Å². The third kappa shape index (κ3) is 5.31. The number of rotatable bonds is 6.